The first-order chi connectivity index (χ1) is 20.3. The topological polar surface area (TPSA) is 102 Å². The van der Waals surface area contributed by atoms with Gasteiger partial charge in [0.2, 0.25) is 0 Å². The number of unbranched alkanes of at least 4 members (excludes halogenated alkanes) is 2. The van der Waals surface area contributed by atoms with Crippen molar-refractivity contribution < 1.29 is 14.2 Å². The van der Waals surface area contributed by atoms with Crippen molar-refractivity contribution >= 4 is 35.3 Å². The van der Waals surface area contributed by atoms with Crippen molar-refractivity contribution in [1.29, 1.82) is 15.8 Å². The van der Waals surface area contributed by atoms with Gasteiger partial charge in [-0.2, -0.15) is 15.8 Å². The normalized spacial score (nSPS) is 14.0. The molecule has 0 fully saturated rings. The van der Waals surface area contributed by atoms with Crippen molar-refractivity contribution in [1.82, 2.24) is 0 Å². The molecule has 1 aromatic heterocycles. The minimum Gasteiger partial charge on any atom is -0.496 e. The van der Waals surface area contributed by atoms with Crippen LogP contribution in [0.15, 0.2) is 52.8 Å². The molecule has 0 aliphatic carbocycles. The van der Waals surface area contributed by atoms with Crippen LogP contribution in [0.25, 0.3) is 18.2 Å². The van der Waals surface area contributed by atoms with Crippen LogP contribution in [-0.2, 0) is 4.74 Å². The molecule has 0 saturated heterocycles. The van der Waals surface area contributed by atoms with Gasteiger partial charge in [0.1, 0.15) is 40.9 Å². The summed E-state index contributed by atoms with van der Waals surface area (Å²) in [6.45, 7) is 10.0. The second-order valence-corrected chi connectivity index (χ2v) is 11.5. The zero-order chi connectivity index (χ0) is 30.7. The van der Waals surface area contributed by atoms with Crippen LogP contribution in [0.4, 0.5) is 5.69 Å². The lowest BCUT2D eigenvalue weighted by Crippen LogP contribution is -2.25. The largest absolute Gasteiger partial charge is 0.496 e. The summed E-state index contributed by atoms with van der Waals surface area (Å²) < 4.78 is 17.5. The molecule has 3 rings (SSSR count). The van der Waals surface area contributed by atoms with Crippen molar-refractivity contribution in [2.45, 2.75) is 59.0 Å². The van der Waals surface area contributed by atoms with Gasteiger partial charge in [0.15, 0.2) is 11.3 Å². The third-order valence-electron chi connectivity index (χ3n) is 7.00. The highest BCUT2D eigenvalue weighted by atomic mass is 32.1. The zero-order valence-electron chi connectivity index (χ0n) is 25.3. The summed E-state index contributed by atoms with van der Waals surface area (Å²) in [5.74, 6) is 1.55. The Labute approximate surface area is 253 Å². The Bertz CT molecular complexity index is 1470. The number of methoxy groups -OCH3 is 2. The molecule has 1 aliphatic rings. The number of benzene rings is 1. The molecular formula is C34H38N4O3S. The van der Waals surface area contributed by atoms with Crippen LogP contribution < -0.4 is 14.4 Å². The van der Waals surface area contributed by atoms with Crippen molar-refractivity contribution in [3.8, 4) is 29.7 Å². The van der Waals surface area contributed by atoms with Crippen LogP contribution in [0.3, 0.4) is 0 Å². The van der Waals surface area contributed by atoms with Crippen LogP contribution in [0.1, 0.15) is 68.7 Å². The van der Waals surface area contributed by atoms with Crippen LogP contribution in [0.5, 0.6) is 11.5 Å². The van der Waals surface area contributed by atoms with Crippen LogP contribution in [0, 0.1) is 34.0 Å². The summed E-state index contributed by atoms with van der Waals surface area (Å²) in [6.07, 6.45) is 12.3. The van der Waals surface area contributed by atoms with E-state index in [-0.39, 0.29) is 16.9 Å². The average molecular weight is 583 g/mol. The number of nitriles is 3. The van der Waals surface area contributed by atoms with Gasteiger partial charge in [-0.3, -0.25) is 0 Å². The number of hydrogen-bond acceptors (Lipinski definition) is 8. The van der Waals surface area contributed by atoms with Gasteiger partial charge in [0.05, 0.1) is 19.8 Å². The Balaban J connectivity index is 1.90. The molecule has 0 unspecified atom stereocenters. The van der Waals surface area contributed by atoms with E-state index in [9.17, 15) is 15.8 Å². The molecule has 2 heterocycles. The first-order valence-corrected chi connectivity index (χ1v) is 14.9. The number of allylic oxidation sites excluding steroid dienone is 2. The van der Waals surface area contributed by atoms with Gasteiger partial charge in [-0.25, -0.2) is 0 Å². The standard InChI is InChI=1S/C34H38N4O3S/c1-7-9-17-38(18-10-8-2)25-19-31(39-5)28(32(20-25)40-6)15-13-26-11-12-27(42-26)14-16-30-29(23-37)33(24(21-35)22-36)41-34(30,3)4/h11-16,19-20H,7-10,17-18H2,1-6H3. The Kier molecular flexibility index (Phi) is 11.4. The fraction of sp³-hybridized carbons (Fsp3) is 0.382. The van der Waals surface area contributed by atoms with E-state index in [1.807, 2.05) is 62.4 Å². The van der Waals surface area contributed by atoms with Gasteiger partial charge in [-0.1, -0.05) is 32.8 Å². The predicted octanol–water partition coefficient (Wildman–Crippen LogP) is 8.29. The summed E-state index contributed by atoms with van der Waals surface area (Å²) in [6, 6.07) is 14.0. The molecule has 42 heavy (non-hydrogen) atoms. The highest BCUT2D eigenvalue weighted by molar-refractivity contribution is 7.13. The minimum absolute atomic E-state index is 0.0368. The Hall–Kier alpha value is -4.45. The zero-order valence-corrected chi connectivity index (χ0v) is 26.1. The second kappa shape index (κ2) is 15.0. The van der Waals surface area contributed by atoms with E-state index < -0.39 is 5.60 Å². The molecule has 0 bridgehead atoms. The van der Waals surface area contributed by atoms with E-state index in [4.69, 9.17) is 14.2 Å². The van der Waals surface area contributed by atoms with Crippen molar-refractivity contribution in [3.63, 3.8) is 0 Å². The van der Waals surface area contributed by atoms with Crippen LogP contribution in [-0.4, -0.2) is 32.9 Å². The van der Waals surface area contributed by atoms with Crippen molar-refractivity contribution in [2.24, 2.45) is 0 Å². The third kappa shape index (κ3) is 7.43. The maximum atomic E-state index is 9.76. The maximum absolute atomic E-state index is 9.76. The number of nitrogens with zero attached hydrogens (tertiary/aromatic N) is 4. The Morgan fingerprint density at radius 3 is 1.93 bits per heavy atom. The Morgan fingerprint density at radius 1 is 0.905 bits per heavy atom. The van der Waals surface area contributed by atoms with Crippen LogP contribution >= 0.6 is 11.3 Å². The summed E-state index contributed by atoms with van der Waals surface area (Å²) in [4.78, 5) is 4.42. The predicted molar refractivity (Wildman–Crippen MR) is 170 cm³/mol. The number of anilines is 1. The van der Waals surface area contributed by atoms with Gasteiger partial charge >= 0.3 is 0 Å². The molecular weight excluding hydrogens is 544 g/mol. The van der Waals surface area contributed by atoms with E-state index in [1.54, 1.807) is 25.6 Å². The monoisotopic (exact) mass is 582 g/mol. The number of thiophene rings is 1. The van der Waals surface area contributed by atoms with E-state index in [1.165, 1.54) is 0 Å². The smallest absolute Gasteiger partial charge is 0.172 e. The molecule has 0 atom stereocenters. The molecule has 0 spiro atoms. The van der Waals surface area contributed by atoms with Crippen LogP contribution in [0.2, 0.25) is 0 Å². The van der Waals surface area contributed by atoms with E-state index in [0.717, 1.165) is 71.3 Å². The number of ether oxygens (including phenoxy) is 3. The lowest BCUT2D eigenvalue weighted by molar-refractivity contribution is 0.0954. The molecule has 218 valence electrons. The average Bonchev–Trinajstić information content (AvgIpc) is 3.55. The number of rotatable bonds is 13. The fourth-order valence-corrected chi connectivity index (χ4v) is 5.52. The molecule has 0 radical (unpaired) electrons. The molecule has 0 amide bonds. The van der Waals surface area contributed by atoms with Crippen molar-refractivity contribution in [2.75, 3.05) is 32.2 Å². The summed E-state index contributed by atoms with van der Waals surface area (Å²) >= 11 is 1.59. The summed E-state index contributed by atoms with van der Waals surface area (Å²) in [5, 5.41) is 28.3. The Morgan fingerprint density at radius 2 is 1.45 bits per heavy atom. The maximum Gasteiger partial charge on any atom is 0.172 e. The van der Waals surface area contributed by atoms with Crippen molar-refractivity contribution in [3.05, 3.63) is 68.1 Å². The fourth-order valence-electron chi connectivity index (χ4n) is 4.70. The summed E-state index contributed by atoms with van der Waals surface area (Å²) in [7, 11) is 3.36. The van der Waals surface area contributed by atoms with E-state index >= 15 is 0 Å². The quantitative estimate of drug-likeness (QED) is 0.219. The first-order valence-electron chi connectivity index (χ1n) is 14.1. The number of hydrogen-bond donors (Lipinski definition) is 0. The van der Waals surface area contributed by atoms with E-state index in [0.29, 0.717) is 5.57 Å². The van der Waals surface area contributed by atoms with Gasteiger partial charge in [-0.05, 0) is 57.0 Å². The first kappa shape index (κ1) is 32.1. The van der Waals surface area contributed by atoms with Gasteiger partial charge < -0.3 is 19.1 Å². The lowest BCUT2D eigenvalue weighted by atomic mass is 9.94. The van der Waals surface area contributed by atoms with Gasteiger partial charge in [0.25, 0.3) is 0 Å². The molecule has 0 saturated carbocycles. The van der Waals surface area contributed by atoms with E-state index in [2.05, 4.69) is 36.9 Å². The molecule has 7 nitrogen and oxygen atoms in total. The van der Waals surface area contributed by atoms with Gasteiger partial charge in [-0.15, -0.1) is 11.3 Å². The molecule has 8 heteroatoms. The summed E-state index contributed by atoms with van der Waals surface area (Å²) in [5.41, 5.74) is 1.74. The minimum atomic E-state index is -0.849. The highest BCUT2D eigenvalue weighted by Crippen LogP contribution is 2.41. The second-order valence-electron chi connectivity index (χ2n) is 10.3. The SMILES string of the molecule is CCCCN(CCCC)c1cc(OC)c(C=Cc2ccc(C=CC3=C(C#N)C(=C(C#N)C#N)OC3(C)C)s2)c(OC)c1. The molecule has 1 aromatic carbocycles. The lowest BCUT2D eigenvalue weighted by Gasteiger charge is -2.26. The molecule has 1 aliphatic heterocycles. The van der Waals surface area contributed by atoms with Gasteiger partial charge in [0, 0.05) is 46.2 Å². The highest BCUT2D eigenvalue weighted by Gasteiger charge is 2.38. The molecule has 0 N–H and O–H groups in total. The third-order valence-corrected chi connectivity index (χ3v) is 8.01. The molecule has 2 aromatic rings.